The molecule has 0 saturated heterocycles. The first kappa shape index (κ1) is 23.0. The summed E-state index contributed by atoms with van der Waals surface area (Å²) in [5, 5.41) is 16.2. The Morgan fingerprint density at radius 2 is 1.85 bits per heavy atom. The maximum atomic E-state index is 9.67. The summed E-state index contributed by atoms with van der Waals surface area (Å²) >= 11 is 0. The number of nitrogens with zero attached hydrogens (tertiary/aromatic N) is 1. The van der Waals surface area contributed by atoms with E-state index >= 15 is 0 Å². The van der Waals surface area contributed by atoms with Crippen molar-refractivity contribution in [2.75, 3.05) is 26.8 Å². The molecule has 0 amide bonds. The molecule has 1 atom stereocenters. The molecule has 0 aliphatic rings. The molecule has 0 aromatic heterocycles. The zero-order valence-corrected chi connectivity index (χ0v) is 17.9. The van der Waals surface area contributed by atoms with Crippen LogP contribution in [0.3, 0.4) is 0 Å². The van der Waals surface area contributed by atoms with E-state index in [0.717, 1.165) is 16.9 Å². The molecule has 5 nitrogen and oxygen atoms in total. The van der Waals surface area contributed by atoms with Gasteiger partial charge in [0.2, 0.25) is 0 Å². The largest absolute Gasteiger partial charge is 0.489 e. The van der Waals surface area contributed by atoms with E-state index in [9.17, 15) is 5.11 Å². The van der Waals surface area contributed by atoms with Crippen molar-refractivity contribution < 1.29 is 9.84 Å². The molecule has 0 aliphatic carbocycles. The van der Waals surface area contributed by atoms with Crippen LogP contribution in [0.5, 0.6) is 5.75 Å². The van der Waals surface area contributed by atoms with Gasteiger partial charge in [-0.2, -0.15) is 0 Å². The maximum Gasteiger partial charge on any atom is 0.191 e. The fourth-order valence-electron chi connectivity index (χ4n) is 2.57. The fraction of sp³-hybridized carbons (Fsp3) is 0.286. The second-order valence-electron chi connectivity index (χ2n) is 5.80. The van der Waals surface area contributed by atoms with Crippen LogP contribution in [0.1, 0.15) is 17.0 Å². The predicted octanol–water partition coefficient (Wildman–Crippen LogP) is 3.31. The van der Waals surface area contributed by atoms with E-state index in [1.54, 1.807) is 13.1 Å². The van der Waals surface area contributed by atoms with Gasteiger partial charge in [-0.3, -0.25) is 4.99 Å². The van der Waals surface area contributed by atoms with Gasteiger partial charge in [0.15, 0.2) is 5.96 Å². The second kappa shape index (κ2) is 13.2. The Hall–Kier alpha value is -2.06. The van der Waals surface area contributed by atoms with Gasteiger partial charge >= 0.3 is 0 Å². The lowest BCUT2D eigenvalue weighted by Crippen LogP contribution is -2.39. The molecule has 146 valence electrons. The fourth-order valence-corrected chi connectivity index (χ4v) is 2.57. The number of aliphatic hydroxyl groups is 1. The molecule has 0 bridgehead atoms. The molecule has 1 unspecified atom stereocenters. The van der Waals surface area contributed by atoms with E-state index in [2.05, 4.69) is 22.2 Å². The topological polar surface area (TPSA) is 65.9 Å². The number of aliphatic imine (C=N–C) groups is 1. The van der Waals surface area contributed by atoms with Crippen molar-refractivity contribution in [1.29, 1.82) is 0 Å². The first-order valence-corrected chi connectivity index (χ1v) is 8.70. The summed E-state index contributed by atoms with van der Waals surface area (Å²) in [7, 11) is 1.73. The molecule has 3 N–H and O–H groups in total. The number of benzene rings is 2. The van der Waals surface area contributed by atoms with Crippen molar-refractivity contribution >= 4 is 29.9 Å². The highest BCUT2D eigenvalue weighted by atomic mass is 127. The quantitative estimate of drug-likeness (QED) is 0.223. The molecule has 2 aromatic rings. The molecule has 0 radical (unpaired) electrons. The maximum absolute atomic E-state index is 9.67. The highest BCUT2D eigenvalue weighted by Crippen LogP contribution is 2.17. The normalized spacial score (nSPS) is 11.9. The molecular weight excluding hydrogens is 453 g/mol. The Kier molecular flexibility index (Phi) is 11.2. The van der Waals surface area contributed by atoms with Gasteiger partial charge in [0.1, 0.15) is 12.4 Å². The molecule has 2 rings (SSSR count). The van der Waals surface area contributed by atoms with Crippen LogP contribution >= 0.6 is 24.0 Å². The van der Waals surface area contributed by atoms with Crippen LogP contribution in [0.25, 0.3) is 0 Å². The van der Waals surface area contributed by atoms with Crippen LogP contribution in [0.15, 0.2) is 72.2 Å². The van der Waals surface area contributed by atoms with E-state index in [0.29, 0.717) is 25.7 Å². The molecule has 0 fully saturated rings. The molecule has 0 spiro atoms. The monoisotopic (exact) mass is 481 g/mol. The number of guanidine groups is 1. The van der Waals surface area contributed by atoms with Gasteiger partial charge in [0, 0.05) is 31.6 Å². The van der Waals surface area contributed by atoms with Crippen molar-refractivity contribution in [2.24, 2.45) is 4.99 Å². The number of para-hydroxylation sites is 1. The van der Waals surface area contributed by atoms with Crippen molar-refractivity contribution in [1.82, 2.24) is 10.6 Å². The van der Waals surface area contributed by atoms with Crippen LogP contribution in [-0.2, 0) is 6.54 Å². The van der Waals surface area contributed by atoms with E-state index < -0.39 is 0 Å². The first-order chi connectivity index (χ1) is 12.8. The van der Waals surface area contributed by atoms with E-state index in [-0.39, 0.29) is 36.5 Å². The van der Waals surface area contributed by atoms with Gasteiger partial charge in [-0.1, -0.05) is 61.2 Å². The Morgan fingerprint density at radius 1 is 1.15 bits per heavy atom. The van der Waals surface area contributed by atoms with E-state index in [1.165, 1.54) is 0 Å². The average Bonchev–Trinajstić information content (AvgIpc) is 2.70. The first-order valence-electron chi connectivity index (χ1n) is 8.70. The van der Waals surface area contributed by atoms with Gasteiger partial charge in [-0.05, 0) is 11.6 Å². The molecule has 6 heteroatoms. The zero-order chi connectivity index (χ0) is 18.6. The van der Waals surface area contributed by atoms with Gasteiger partial charge < -0.3 is 20.5 Å². The molecule has 27 heavy (non-hydrogen) atoms. The summed E-state index contributed by atoms with van der Waals surface area (Å²) < 4.78 is 5.67. The summed E-state index contributed by atoms with van der Waals surface area (Å²) in [4.78, 5) is 4.25. The Labute approximate surface area is 178 Å². The lowest BCUT2D eigenvalue weighted by atomic mass is 10.0. The lowest BCUT2D eigenvalue weighted by molar-refractivity contribution is 0.265. The van der Waals surface area contributed by atoms with Crippen molar-refractivity contribution in [3.63, 3.8) is 0 Å². The minimum atomic E-state index is 0. The Balaban J connectivity index is 0.00000364. The van der Waals surface area contributed by atoms with Crippen LogP contribution in [0.2, 0.25) is 0 Å². The smallest absolute Gasteiger partial charge is 0.191 e. The highest BCUT2D eigenvalue weighted by Gasteiger charge is 2.11. The molecule has 0 heterocycles. The molecule has 0 aliphatic heterocycles. The average molecular weight is 481 g/mol. The van der Waals surface area contributed by atoms with Gasteiger partial charge in [0.25, 0.3) is 0 Å². The van der Waals surface area contributed by atoms with Gasteiger partial charge in [-0.15, -0.1) is 24.0 Å². The molecule has 2 aromatic carbocycles. The molecular formula is C21H28IN3O2. The lowest BCUT2D eigenvalue weighted by Gasteiger charge is -2.18. The summed E-state index contributed by atoms with van der Waals surface area (Å²) in [5.41, 5.74) is 2.14. The van der Waals surface area contributed by atoms with Crippen molar-refractivity contribution in [3.8, 4) is 5.75 Å². The van der Waals surface area contributed by atoms with E-state index in [4.69, 9.17) is 4.74 Å². The SMILES string of the molecule is C=CCOc1ccccc1CNC(=NC)NCC(CO)c1ccccc1.I. The predicted molar refractivity (Wildman–Crippen MR) is 122 cm³/mol. The van der Waals surface area contributed by atoms with Crippen LogP contribution in [0.4, 0.5) is 0 Å². The van der Waals surface area contributed by atoms with Gasteiger partial charge in [0.05, 0.1) is 6.61 Å². The second-order valence-corrected chi connectivity index (χ2v) is 5.80. The van der Waals surface area contributed by atoms with Gasteiger partial charge in [-0.25, -0.2) is 0 Å². The van der Waals surface area contributed by atoms with Crippen LogP contribution in [-0.4, -0.2) is 37.9 Å². The number of ether oxygens (including phenoxy) is 1. The summed E-state index contributed by atoms with van der Waals surface area (Å²) in [6.07, 6.45) is 1.73. The molecule has 0 saturated carbocycles. The van der Waals surface area contributed by atoms with Crippen LogP contribution < -0.4 is 15.4 Å². The highest BCUT2D eigenvalue weighted by molar-refractivity contribution is 14.0. The minimum absolute atomic E-state index is 0. The van der Waals surface area contributed by atoms with E-state index in [1.807, 2.05) is 54.6 Å². The third kappa shape index (κ3) is 7.60. The summed E-state index contributed by atoms with van der Waals surface area (Å²) in [5.74, 6) is 1.52. The number of aliphatic hydroxyl groups excluding tert-OH is 1. The summed E-state index contributed by atoms with van der Waals surface area (Å²) in [6, 6.07) is 17.8. The number of nitrogens with one attached hydrogen (secondary N) is 2. The van der Waals surface area contributed by atoms with Crippen molar-refractivity contribution in [3.05, 3.63) is 78.4 Å². The van der Waals surface area contributed by atoms with Crippen LogP contribution in [0, 0.1) is 0 Å². The minimum Gasteiger partial charge on any atom is -0.489 e. The van der Waals surface area contributed by atoms with Crippen molar-refractivity contribution in [2.45, 2.75) is 12.5 Å². The number of rotatable bonds is 9. The Morgan fingerprint density at radius 3 is 2.52 bits per heavy atom. The standard InChI is InChI=1S/C21H27N3O2.HI/c1-3-13-26-20-12-8-7-11-18(20)14-23-21(22-2)24-15-19(16-25)17-9-5-4-6-10-17;/h3-12,19,25H,1,13-16H2,2H3,(H2,22,23,24);1H. The Bertz CT molecular complexity index is 708. The summed E-state index contributed by atoms with van der Waals surface area (Å²) in [6.45, 7) is 5.40. The number of hydrogen-bond acceptors (Lipinski definition) is 3. The third-order valence-electron chi connectivity index (χ3n) is 4.01. The zero-order valence-electron chi connectivity index (χ0n) is 15.6. The third-order valence-corrected chi connectivity index (χ3v) is 4.01. The number of hydrogen-bond donors (Lipinski definition) is 3. The number of halogens is 1.